The van der Waals surface area contributed by atoms with E-state index < -0.39 is 23.7 Å². The highest BCUT2D eigenvalue weighted by Gasteiger charge is 2.20. The van der Waals surface area contributed by atoms with Crippen LogP contribution in [0.15, 0.2) is 48.5 Å². The summed E-state index contributed by atoms with van der Waals surface area (Å²) < 4.78 is 13.2. The van der Waals surface area contributed by atoms with E-state index in [1.165, 1.54) is 18.2 Å². The molecule has 2 amide bonds. The monoisotopic (exact) mass is 300 g/mol. The van der Waals surface area contributed by atoms with Crippen molar-refractivity contribution in [3.05, 3.63) is 71.0 Å². The van der Waals surface area contributed by atoms with Crippen molar-refractivity contribution in [2.45, 2.75) is 19.4 Å². The minimum atomic E-state index is -0.850. The fourth-order valence-electron chi connectivity index (χ4n) is 2.15. The zero-order chi connectivity index (χ0) is 16.1. The summed E-state index contributed by atoms with van der Waals surface area (Å²) in [5, 5.41) is 2.56. The van der Waals surface area contributed by atoms with Gasteiger partial charge in [0.1, 0.15) is 11.9 Å². The van der Waals surface area contributed by atoms with Crippen LogP contribution < -0.4 is 11.1 Å². The van der Waals surface area contributed by atoms with E-state index in [1.807, 2.05) is 31.2 Å². The second-order valence-electron chi connectivity index (χ2n) is 5.07. The van der Waals surface area contributed by atoms with Crippen LogP contribution in [0.25, 0.3) is 0 Å². The summed E-state index contributed by atoms with van der Waals surface area (Å²) in [6.07, 6.45) is 0.295. The Labute approximate surface area is 128 Å². The number of nitrogens with two attached hydrogens (primary N) is 1. The van der Waals surface area contributed by atoms with Crippen LogP contribution in [0.5, 0.6) is 0 Å². The molecule has 2 rings (SSSR count). The molecule has 0 aromatic heterocycles. The highest BCUT2D eigenvalue weighted by molar-refractivity contribution is 5.97. The Bertz CT molecular complexity index is 701. The Morgan fingerprint density at radius 2 is 1.91 bits per heavy atom. The third-order valence-electron chi connectivity index (χ3n) is 3.42. The molecule has 22 heavy (non-hydrogen) atoms. The van der Waals surface area contributed by atoms with Gasteiger partial charge >= 0.3 is 0 Å². The number of primary amides is 1. The van der Waals surface area contributed by atoms with E-state index >= 15 is 0 Å². The molecule has 4 nitrogen and oxygen atoms in total. The van der Waals surface area contributed by atoms with Crippen molar-refractivity contribution in [2.24, 2.45) is 5.73 Å². The molecular formula is C17H17FN2O2. The molecule has 114 valence electrons. The number of amides is 2. The lowest BCUT2D eigenvalue weighted by atomic mass is 10.0. The van der Waals surface area contributed by atoms with Crippen molar-refractivity contribution in [3.8, 4) is 0 Å². The largest absolute Gasteiger partial charge is 0.368 e. The predicted octanol–water partition coefficient (Wildman–Crippen LogP) is 1.96. The number of carbonyl (C=O) groups excluding carboxylic acids is 2. The van der Waals surface area contributed by atoms with Gasteiger partial charge in [0.25, 0.3) is 5.91 Å². The van der Waals surface area contributed by atoms with Crippen molar-refractivity contribution in [3.63, 3.8) is 0 Å². The first-order chi connectivity index (χ1) is 10.5. The molecule has 2 aromatic carbocycles. The standard InChI is InChI=1S/C17H17FN2O2/c1-11-5-2-3-6-12(11)10-15(16(19)21)20-17(22)13-7-4-8-14(18)9-13/h2-9,15H,10H2,1H3,(H2,19,21)(H,20,22)/t15-/m0/s1. The van der Waals surface area contributed by atoms with Crippen molar-refractivity contribution >= 4 is 11.8 Å². The first kappa shape index (κ1) is 15.7. The fraction of sp³-hybridized carbons (Fsp3) is 0.176. The average Bonchev–Trinajstić information content (AvgIpc) is 2.48. The van der Waals surface area contributed by atoms with E-state index in [9.17, 15) is 14.0 Å². The lowest BCUT2D eigenvalue weighted by Gasteiger charge is -2.17. The maximum Gasteiger partial charge on any atom is 0.252 e. The zero-order valence-electron chi connectivity index (χ0n) is 12.2. The first-order valence-electron chi connectivity index (χ1n) is 6.87. The Balaban J connectivity index is 2.14. The molecule has 1 atom stereocenters. The van der Waals surface area contributed by atoms with Gasteiger partial charge in [0.15, 0.2) is 0 Å². The summed E-state index contributed by atoms with van der Waals surface area (Å²) >= 11 is 0. The number of rotatable bonds is 5. The average molecular weight is 300 g/mol. The normalized spacial score (nSPS) is 11.7. The molecule has 2 aromatic rings. The van der Waals surface area contributed by atoms with Gasteiger partial charge in [-0.2, -0.15) is 0 Å². The maximum atomic E-state index is 13.2. The molecule has 3 N–H and O–H groups in total. The van der Waals surface area contributed by atoms with Gasteiger partial charge in [0.2, 0.25) is 5.91 Å². The van der Waals surface area contributed by atoms with Gasteiger partial charge in [-0.25, -0.2) is 4.39 Å². The lowest BCUT2D eigenvalue weighted by Crippen LogP contribution is -2.46. The van der Waals surface area contributed by atoms with E-state index in [0.717, 1.165) is 17.2 Å². The molecule has 0 heterocycles. The van der Waals surface area contributed by atoms with Crippen molar-refractivity contribution in [1.82, 2.24) is 5.32 Å². The van der Waals surface area contributed by atoms with Crippen LogP contribution >= 0.6 is 0 Å². The zero-order valence-corrected chi connectivity index (χ0v) is 12.2. The third-order valence-corrected chi connectivity index (χ3v) is 3.42. The summed E-state index contributed by atoms with van der Waals surface area (Å²) in [4.78, 5) is 23.7. The number of carbonyl (C=O) groups is 2. The van der Waals surface area contributed by atoms with Gasteiger partial charge in [0.05, 0.1) is 0 Å². The van der Waals surface area contributed by atoms with Crippen LogP contribution in [0, 0.1) is 12.7 Å². The second kappa shape index (κ2) is 6.85. The van der Waals surface area contributed by atoms with E-state index in [2.05, 4.69) is 5.32 Å². The summed E-state index contributed by atoms with van der Waals surface area (Å²) in [6, 6.07) is 12.0. The van der Waals surface area contributed by atoms with Gasteiger partial charge in [-0.3, -0.25) is 9.59 Å². The summed E-state index contributed by atoms with van der Waals surface area (Å²) in [5.74, 6) is -1.67. The molecule has 0 saturated carbocycles. The van der Waals surface area contributed by atoms with Crippen molar-refractivity contribution in [2.75, 3.05) is 0 Å². The molecule has 0 aliphatic heterocycles. The predicted molar refractivity (Wildman–Crippen MR) is 81.7 cm³/mol. The molecule has 0 bridgehead atoms. The topological polar surface area (TPSA) is 72.2 Å². The minimum absolute atomic E-state index is 0.149. The molecule has 0 fully saturated rings. The van der Waals surface area contributed by atoms with Gasteiger partial charge in [-0.1, -0.05) is 30.3 Å². The Morgan fingerprint density at radius 1 is 1.18 bits per heavy atom. The van der Waals surface area contributed by atoms with Gasteiger partial charge in [-0.15, -0.1) is 0 Å². The van der Waals surface area contributed by atoms with Crippen LogP contribution in [-0.4, -0.2) is 17.9 Å². The molecule has 0 unspecified atom stereocenters. The number of hydrogen-bond acceptors (Lipinski definition) is 2. The SMILES string of the molecule is Cc1ccccc1C[C@H](NC(=O)c1cccc(F)c1)C(N)=O. The van der Waals surface area contributed by atoms with Crippen LogP contribution in [0.4, 0.5) is 4.39 Å². The summed E-state index contributed by atoms with van der Waals surface area (Å²) in [5.41, 5.74) is 7.44. The maximum absolute atomic E-state index is 13.2. The summed E-state index contributed by atoms with van der Waals surface area (Å²) in [7, 11) is 0. The van der Waals surface area contributed by atoms with E-state index in [1.54, 1.807) is 0 Å². The molecule has 0 saturated heterocycles. The van der Waals surface area contributed by atoms with Gasteiger partial charge in [0, 0.05) is 12.0 Å². The van der Waals surface area contributed by atoms with E-state index in [0.29, 0.717) is 6.42 Å². The van der Waals surface area contributed by atoms with Crippen LogP contribution in [0.1, 0.15) is 21.5 Å². The molecule has 5 heteroatoms. The number of benzene rings is 2. The minimum Gasteiger partial charge on any atom is -0.368 e. The summed E-state index contributed by atoms with van der Waals surface area (Å²) in [6.45, 7) is 1.92. The molecule has 0 aliphatic rings. The highest BCUT2D eigenvalue weighted by Crippen LogP contribution is 2.11. The van der Waals surface area contributed by atoms with Crippen LogP contribution in [0.2, 0.25) is 0 Å². The Kier molecular flexibility index (Phi) is 4.88. The number of hydrogen-bond donors (Lipinski definition) is 2. The highest BCUT2D eigenvalue weighted by atomic mass is 19.1. The first-order valence-corrected chi connectivity index (χ1v) is 6.87. The van der Waals surface area contributed by atoms with E-state index in [4.69, 9.17) is 5.73 Å². The number of aryl methyl sites for hydroxylation is 1. The van der Waals surface area contributed by atoms with Crippen molar-refractivity contribution < 1.29 is 14.0 Å². The van der Waals surface area contributed by atoms with Crippen molar-refractivity contribution in [1.29, 1.82) is 0 Å². The molecule has 0 aliphatic carbocycles. The Hall–Kier alpha value is -2.69. The van der Waals surface area contributed by atoms with E-state index in [-0.39, 0.29) is 5.56 Å². The third kappa shape index (κ3) is 3.91. The fourth-order valence-corrected chi connectivity index (χ4v) is 2.15. The smallest absolute Gasteiger partial charge is 0.252 e. The number of halogens is 1. The molecule has 0 radical (unpaired) electrons. The molecule has 0 spiro atoms. The van der Waals surface area contributed by atoms with Gasteiger partial charge < -0.3 is 11.1 Å². The Morgan fingerprint density at radius 3 is 2.55 bits per heavy atom. The van der Waals surface area contributed by atoms with Crippen LogP contribution in [-0.2, 0) is 11.2 Å². The lowest BCUT2D eigenvalue weighted by molar-refractivity contribution is -0.119. The van der Waals surface area contributed by atoms with Crippen LogP contribution in [0.3, 0.4) is 0 Å². The quantitative estimate of drug-likeness (QED) is 0.886. The molecular weight excluding hydrogens is 283 g/mol. The number of nitrogens with one attached hydrogen (secondary N) is 1. The van der Waals surface area contributed by atoms with Gasteiger partial charge in [-0.05, 0) is 36.2 Å². The second-order valence-corrected chi connectivity index (χ2v) is 5.07.